The molecule has 122 valence electrons. The number of carbonyl (C=O) groups excluding carboxylic acids is 1. The van der Waals surface area contributed by atoms with E-state index in [2.05, 4.69) is 10.5 Å². The third-order valence-corrected chi connectivity index (χ3v) is 3.39. The Morgan fingerprint density at radius 2 is 2.04 bits per heavy atom. The molecule has 1 amide bonds. The maximum absolute atomic E-state index is 12.5. The van der Waals surface area contributed by atoms with Crippen molar-refractivity contribution in [3.63, 3.8) is 0 Å². The van der Waals surface area contributed by atoms with E-state index in [-0.39, 0.29) is 11.1 Å². The number of rotatable bonds is 4. The minimum absolute atomic E-state index is 0.137. The molecule has 0 aliphatic heterocycles. The summed E-state index contributed by atoms with van der Waals surface area (Å²) in [4.78, 5) is 12.5. The molecule has 0 aliphatic rings. The van der Waals surface area contributed by atoms with Crippen LogP contribution in [0.5, 0.6) is 5.75 Å². The number of hydrogen-bond donors (Lipinski definition) is 2. The van der Waals surface area contributed by atoms with Crippen molar-refractivity contribution in [2.24, 2.45) is 5.16 Å². The highest BCUT2D eigenvalue weighted by molar-refractivity contribution is 6.05. The van der Waals surface area contributed by atoms with Crippen molar-refractivity contribution >= 4 is 22.6 Å². The van der Waals surface area contributed by atoms with E-state index < -0.39 is 5.91 Å². The largest absolute Gasteiger partial charge is 0.494 e. The molecule has 6 heteroatoms. The van der Waals surface area contributed by atoms with Crippen LogP contribution in [0, 0.1) is 0 Å². The molecule has 6 nitrogen and oxygen atoms in total. The summed E-state index contributed by atoms with van der Waals surface area (Å²) >= 11 is 0. The molecule has 0 saturated heterocycles. The van der Waals surface area contributed by atoms with E-state index in [1.165, 1.54) is 0 Å². The molecule has 0 aliphatic carbocycles. The molecule has 3 aromatic rings. The second kappa shape index (κ2) is 6.87. The van der Waals surface area contributed by atoms with Crippen molar-refractivity contribution in [2.75, 3.05) is 11.9 Å². The van der Waals surface area contributed by atoms with Gasteiger partial charge in [0.15, 0.2) is 0 Å². The number of anilines is 1. The first-order chi connectivity index (χ1) is 11.7. The molecule has 0 bridgehead atoms. The Bertz CT molecular complexity index is 947. The zero-order chi connectivity index (χ0) is 16.9. The lowest BCUT2D eigenvalue weighted by molar-refractivity contribution is 0.102. The SMILES string of the molecule is CCOc1cccc(NC(=O)c2cc3ccccc3oc2=NO)c1. The van der Waals surface area contributed by atoms with E-state index in [1.807, 2.05) is 19.1 Å². The van der Waals surface area contributed by atoms with Crippen LogP contribution in [0.25, 0.3) is 11.0 Å². The number of carbonyl (C=O) groups is 1. The molecule has 0 fully saturated rings. The predicted molar refractivity (Wildman–Crippen MR) is 89.1 cm³/mol. The van der Waals surface area contributed by atoms with Crippen molar-refractivity contribution in [3.8, 4) is 5.75 Å². The first kappa shape index (κ1) is 15.6. The molecule has 1 heterocycles. The van der Waals surface area contributed by atoms with Crippen LogP contribution in [0.2, 0.25) is 0 Å². The number of para-hydroxylation sites is 1. The summed E-state index contributed by atoms with van der Waals surface area (Å²) in [6, 6.07) is 15.8. The topological polar surface area (TPSA) is 84.1 Å². The van der Waals surface area contributed by atoms with Crippen LogP contribution in [0.1, 0.15) is 17.3 Å². The number of hydrogen-bond acceptors (Lipinski definition) is 5. The van der Waals surface area contributed by atoms with E-state index in [1.54, 1.807) is 42.5 Å². The Hall–Kier alpha value is -3.28. The smallest absolute Gasteiger partial charge is 0.268 e. The summed E-state index contributed by atoms with van der Waals surface area (Å²) in [6.07, 6.45) is 0. The lowest BCUT2D eigenvalue weighted by Crippen LogP contribution is -2.21. The van der Waals surface area contributed by atoms with Crippen molar-refractivity contribution in [2.45, 2.75) is 6.92 Å². The Morgan fingerprint density at radius 3 is 2.83 bits per heavy atom. The average molecular weight is 324 g/mol. The van der Waals surface area contributed by atoms with Gasteiger partial charge in [-0.15, -0.1) is 0 Å². The minimum Gasteiger partial charge on any atom is -0.494 e. The van der Waals surface area contributed by atoms with Gasteiger partial charge in [0.25, 0.3) is 11.5 Å². The standard InChI is InChI=1S/C18H16N2O4/c1-2-23-14-8-5-7-13(11-14)19-17(21)15-10-12-6-3-4-9-16(12)24-18(15)20-22/h3-11,22H,2H2,1H3,(H,19,21). The summed E-state index contributed by atoms with van der Waals surface area (Å²) in [5, 5.41) is 15.7. The Kier molecular flexibility index (Phi) is 4.47. The van der Waals surface area contributed by atoms with Gasteiger partial charge in [-0.1, -0.05) is 24.3 Å². The van der Waals surface area contributed by atoms with Gasteiger partial charge in [0, 0.05) is 17.1 Å². The van der Waals surface area contributed by atoms with E-state index in [9.17, 15) is 4.79 Å². The van der Waals surface area contributed by atoms with Gasteiger partial charge in [0.1, 0.15) is 16.9 Å². The zero-order valence-corrected chi connectivity index (χ0v) is 13.0. The number of ether oxygens (including phenoxy) is 1. The normalized spacial score (nSPS) is 11.5. The second-order valence-corrected chi connectivity index (χ2v) is 5.02. The Morgan fingerprint density at radius 1 is 1.21 bits per heavy atom. The lowest BCUT2D eigenvalue weighted by atomic mass is 10.1. The van der Waals surface area contributed by atoms with Gasteiger partial charge >= 0.3 is 0 Å². The van der Waals surface area contributed by atoms with Crippen LogP contribution in [0.15, 0.2) is 64.2 Å². The first-order valence-electron chi connectivity index (χ1n) is 7.46. The summed E-state index contributed by atoms with van der Waals surface area (Å²) < 4.78 is 10.9. The van der Waals surface area contributed by atoms with Gasteiger partial charge in [-0.3, -0.25) is 4.79 Å². The predicted octanol–water partition coefficient (Wildman–Crippen LogP) is 3.37. The quantitative estimate of drug-likeness (QED) is 0.569. The molecule has 0 radical (unpaired) electrons. The van der Waals surface area contributed by atoms with Crippen molar-refractivity contribution < 1.29 is 19.2 Å². The van der Waals surface area contributed by atoms with Crippen LogP contribution in [0.3, 0.4) is 0 Å². The first-order valence-corrected chi connectivity index (χ1v) is 7.46. The third-order valence-electron chi connectivity index (χ3n) is 3.39. The highest BCUT2D eigenvalue weighted by Gasteiger charge is 2.13. The maximum atomic E-state index is 12.5. The number of amides is 1. The Balaban J connectivity index is 1.95. The van der Waals surface area contributed by atoms with Crippen molar-refractivity contribution in [3.05, 3.63) is 65.7 Å². The van der Waals surface area contributed by atoms with E-state index in [0.29, 0.717) is 23.6 Å². The average Bonchev–Trinajstić information content (AvgIpc) is 2.61. The van der Waals surface area contributed by atoms with Gasteiger partial charge in [0.2, 0.25) is 0 Å². The number of benzene rings is 2. The lowest BCUT2D eigenvalue weighted by Gasteiger charge is -2.08. The molecule has 0 unspecified atom stereocenters. The van der Waals surface area contributed by atoms with Crippen LogP contribution in [-0.4, -0.2) is 17.7 Å². The number of nitrogens with one attached hydrogen (secondary N) is 1. The summed E-state index contributed by atoms with van der Waals surface area (Å²) in [6.45, 7) is 2.42. The number of fused-ring (bicyclic) bond motifs is 1. The highest BCUT2D eigenvalue weighted by atomic mass is 16.5. The second-order valence-electron chi connectivity index (χ2n) is 5.02. The van der Waals surface area contributed by atoms with Gasteiger partial charge in [0.05, 0.1) is 6.61 Å². The van der Waals surface area contributed by atoms with Crippen LogP contribution >= 0.6 is 0 Å². The Labute approximate surface area is 138 Å². The molecule has 2 N–H and O–H groups in total. The van der Waals surface area contributed by atoms with Gasteiger partial charge in [-0.2, -0.15) is 0 Å². The summed E-state index contributed by atoms with van der Waals surface area (Å²) in [5.74, 6) is 0.219. The zero-order valence-electron chi connectivity index (χ0n) is 13.0. The van der Waals surface area contributed by atoms with Crippen LogP contribution < -0.4 is 15.6 Å². The molecule has 1 aromatic heterocycles. The minimum atomic E-state index is -0.439. The fourth-order valence-corrected chi connectivity index (χ4v) is 2.33. The van der Waals surface area contributed by atoms with Crippen molar-refractivity contribution in [1.29, 1.82) is 0 Å². The van der Waals surface area contributed by atoms with Gasteiger partial charge in [-0.05, 0) is 36.3 Å². The fourth-order valence-electron chi connectivity index (χ4n) is 2.33. The van der Waals surface area contributed by atoms with Gasteiger partial charge in [-0.25, -0.2) is 0 Å². The molecule has 0 atom stereocenters. The molecule has 24 heavy (non-hydrogen) atoms. The monoisotopic (exact) mass is 324 g/mol. The molecule has 0 saturated carbocycles. The number of nitrogens with zero attached hydrogens (tertiary/aromatic N) is 1. The van der Waals surface area contributed by atoms with Gasteiger partial charge < -0.3 is 19.7 Å². The maximum Gasteiger partial charge on any atom is 0.268 e. The summed E-state index contributed by atoms with van der Waals surface area (Å²) in [7, 11) is 0. The molecular formula is C18H16N2O4. The van der Waals surface area contributed by atoms with Crippen molar-refractivity contribution in [1.82, 2.24) is 0 Å². The molecule has 2 aromatic carbocycles. The molecule has 0 spiro atoms. The van der Waals surface area contributed by atoms with E-state index >= 15 is 0 Å². The van der Waals surface area contributed by atoms with Crippen LogP contribution in [-0.2, 0) is 0 Å². The fraction of sp³-hybridized carbons (Fsp3) is 0.111. The molecular weight excluding hydrogens is 308 g/mol. The highest BCUT2D eigenvalue weighted by Crippen LogP contribution is 2.18. The van der Waals surface area contributed by atoms with E-state index in [4.69, 9.17) is 14.4 Å². The molecule has 3 rings (SSSR count). The van der Waals surface area contributed by atoms with Crippen LogP contribution in [0.4, 0.5) is 5.69 Å². The summed E-state index contributed by atoms with van der Waals surface area (Å²) in [5.41, 5.74) is 1.09. The third kappa shape index (κ3) is 3.22. The van der Waals surface area contributed by atoms with E-state index in [0.717, 1.165) is 5.39 Å².